The zero-order valence-electron chi connectivity index (χ0n) is 14.0. The molecule has 0 amide bonds. The quantitative estimate of drug-likeness (QED) is 0.588. The van der Waals surface area contributed by atoms with Crippen LogP contribution in [0.4, 0.5) is 5.69 Å². The highest BCUT2D eigenvalue weighted by atomic mass is 35.6. The average molecular weight is 393 g/mol. The van der Waals surface area contributed by atoms with Crippen LogP contribution < -0.4 is 16.2 Å². The molecule has 1 aliphatic rings. The molecule has 1 aliphatic heterocycles. The van der Waals surface area contributed by atoms with Crippen LogP contribution >= 0.6 is 34.8 Å². The van der Waals surface area contributed by atoms with Gasteiger partial charge in [-0.1, -0.05) is 40.9 Å². The maximum absolute atomic E-state index is 6.08. The summed E-state index contributed by atoms with van der Waals surface area (Å²) in [5.74, 6) is 0.696. The zero-order chi connectivity index (χ0) is 17.9. The van der Waals surface area contributed by atoms with Crippen molar-refractivity contribution in [3.8, 4) is 5.75 Å². The SMILES string of the molecule is CC(C)Oc1cc(C2=CCN(CC(Cl)(Cl)Cl)CC2)c(CN)cc1N. The van der Waals surface area contributed by atoms with Gasteiger partial charge in [-0.3, -0.25) is 4.90 Å². The van der Waals surface area contributed by atoms with Crippen LogP contribution in [0.3, 0.4) is 0 Å². The van der Waals surface area contributed by atoms with E-state index in [1.54, 1.807) is 0 Å². The van der Waals surface area contributed by atoms with E-state index < -0.39 is 3.79 Å². The van der Waals surface area contributed by atoms with Crippen molar-refractivity contribution in [2.45, 2.75) is 36.7 Å². The van der Waals surface area contributed by atoms with Crippen LogP contribution in [-0.4, -0.2) is 34.4 Å². The maximum Gasteiger partial charge on any atom is 0.203 e. The first kappa shape index (κ1) is 19.7. The number of hydrogen-bond acceptors (Lipinski definition) is 4. The smallest absolute Gasteiger partial charge is 0.203 e. The molecule has 1 aromatic carbocycles. The van der Waals surface area contributed by atoms with Crippen molar-refractivity contribution < 1.29 is 4.74 Å². The van der Waals surface area contributed by atoms with Gasteiger partial charge in [-0.15, -0.1) is 0 Å². The number of nitrogen functional groups attached to an aromatic ring is 1. The number of alkyl halides is 3. The fraction of sp³-hybridized carbons (Fsp3) is 0.529. The molecule has 2 rings (SSSR count). The molecular formula is C17H24Cl3N3O. The molecule has 0 saturated carbocycles. The first-order valence-corrected chi connectivity index (χ1v) is 9.10. The van der Waals surface area contributed by atoms with Gasteiger partial charge in [0.1, 0.15) is 5.75 Å². The van der Waals surface area contributed by atoms with Gasteiger partial charge in [0.05, 0.1) is 11.8 Å². The number of benzene rings is 1. The molecule has 7 heteroatoms. The Labute approximate surface area is 158 Å². The van der Waals surface area contributed by atoms with Crippen LogP contribution in [0.25, 0.3) is 5.57 Å². The average Bonchev–Trinajstić information content (AvgIpc) is 2.48. The number of anilines is 1. The van der Waals surface area contributed by atoms with E-state index in [2.05, 4.69) is 11.0 Å². The fourth-order valence-electron chi connectivity index (χ4n) is 2.82. The lowest BCUT2D eigenvalue weighted by molar-refractivity contribution is 0.243. The zero-order valence-corrected chi connectivity index (χ0v) is 16.3. The van der Waals surface area contributed by atoms with Gasteiger partial charge < -0.3 is 16.2 Å². The third-order valence-corrected chi connectivity index (χ3v) is 4.22. The van der Waals surface area contributed by atoms with E-state index >= 15 is 0 Å². The highest BCUT2D eigenvalue weighted by Crippen LogP contribution is 2.34. The summed E-state index contributed by atoms with van der Waals surface area (Å²) in [5.41, 5.74) is 15.9. The molecule has 0 fully saturated rings. The summed E-state index contributed by atoms with van der Waals surface area (Å²) < 4.78 is 4.55. The topological polar surface area (TPSA) is 64.5 Å². The number of nitrogens with two attached hydrogens (primary N) is 2. The molecule has 0 spiro atoms. The lowest BCUT2D eigenvalue weighted by Crippen LogP contribution is -2.35. The summed E-state index contributed by atoms with van der Waals surface area (Å²) in [6.45, 7) is 6.35. The van der Waals surface area contributed by atoms with Gasteiger partial charge in [0.2, 0.25) is 3.79 Å². The van der Waals surface area contributed by atoms with E-state index in [1.807, 2.05) is 26.0 Å². The summed E-state index contributed by atoms with van der Waals surface area (Å²) in [6.07, 6.45) is 3.08. The van der Waals surface area contributed by atoms with Crippen molar-refractivity contribution in [1.82, 2.24) is 4.90 Å². The first-order chi connectivity index (χ1) is 11.2. The second-order valence-electron chi connectivity index (χ2n) is 6.25. The second kappa shape index (κ2) is 8.15. The summed E-state index contributed by atoms with van der Waals surface area (Å²) in [7, 11) is 0. The molecule has 1 aromatic rings. The van der Waals surface area contributed by atoms with E-state index in [9.17, 15) is 0 Å². The Morgan fingerprint density at radius 2 is 2.00 bits per heavy atom. The third-order valence-electron chi connectivity index (χ3n) is 3.86. The molecule has 0 radical (unpaired) electrons. The Bertz CT molecular complexity index is 612. The Balaban J connectivity index is 2.24. The van der Waals surface area contributed by atoms with Crippen LogP contribution in [0, 0.1) is 0 Å². The summed E-state index contributed by atoms with van der Waals surface area (Å²) in [5, 5.41) is 0. The highest BCUT2D eigenvalue weighted by Gasteiger charge is 2.25. The van der Waals surface area contributed by atoms with Crippen LogP contribution in [0.1, 0.15) is 31.4 Å². The molecule has 1 heterocycles. The highest BCUT2D eigenvalue weighted by molar-refractivity contribution is 6.67. The molecule has 0 bridgehead atoms. The lowest BCUT2D eigenvalue weighted by atomic mass is 9.94. The monoisotopic (exact) mass is 391 g/mol. The Kier molecular flexibility index (Phi) is 6.68. The summed E-state index contributed by atoms with van der Waals surface area (Å²) in [6, 6.07) is 3.90. The van der Waals surface area contributed by atoms with Crippen molar-refractivity contribution in [2.75, 3.05) is 25.4 Å². The predicted molar refractivity (Wildman–Crippen MR) is 104 cm³/mol. The molecule has 0 aliphatic carbocycles. The minimum absolute atomic E-state index is 0.0592. The number of halogens is 3. The van der Waals surface area contributed by atoms with Crippen molar-refractivity contribution in [3.63, 3.8) is 0 Å². The standard InChI is InChI=1S/C17H24Cl3N3O/c1-11(2)24-16-8-14(13(9-21)7-15(16)22)12-3-5-23(6-4-12)10-17(18,19)20/h3,7-8,11H,4-6,9-10,21-22H2,1-2H3. The van der Waals surface area contributed by atoms with E-state index in [0.717, 1.165) is 30.6 Å². The van der Waals surface area contributed by atoms with Crippen molar-refractivity contribution in [2.24, 2.45) is 5.73 Å². The first-order valence-electron chi connectivity index (χ1n) is 7.97. The van der Waals surface area contributed by atoms with Gasteiger partial charge in [-0.25, -0.2) is 0 Å². The number of rotatable bonds is 5. The molecule has 24 heavy (non-hydrogen) atoms. The van der Waals surface area contributed by atoms with Crippen LogP contribution in [0.2, 0.25) is 0 Å². The van der Waals surface area contributed by atoms with Gasteiger partial charge in [-0.2, -0.15) is 0 Å². The summed E-state index contributed by atoms with van der Waals surface area (Å²) >= 11 is 17.6. The minimum Gasteiger partial charge on any atom is -0.489 e. The number of nitrogens with zero attached hydrogens (tertiary/aromatic N) is 1. The van der Waals surface area contributed by atoms with E-state index in [1.165, 1.54) is 5.57 Å². The van der Waals surface area contributed by atoms with Gasteiger partial charge in [0.25, 0.3) is 0 Å². The molecule has 134 valence electrons. The van der Waals surface area contributed by atoms with Crippen molar-refractivity contribution >= 4 is 46.1 Å². The van der Waals surface area contributed by atoms with Crippen LogP contribution in [0.5, 0.6) is 5.75 Å². The van der Waals surface area contributed by atoms with E-state index in [-0.39, 0.29) is 6.10 Å². The second-order valence-corrected chi connectivity index (χ2v) is 8.76. The Morgan fingerprint density at radius 3 is 2.50 bits per heavy atom. The summed E-state index contributed by atoms with van der Waals surface area (Å²) in [4.78, 5) is 2.11. The molecule has 0 unspecified atom stereocenters. The van der Waals surface area contributed by atoms with Gasteiger partial charge in [0, 0.05) is 26.2 Å². The molecule has 0 saturated heterocycles. The van der Waals surface area contributed by atoms with Crippen LogP contribution in [-0.2, 0) is 6.54 Å². The minimum atomic E-state index is -1.26. The maximum atomic E-state index is 6.08. The number of hydrogen-bond donors (Lipinski definition) is 2. The Hall–Kier alpha value is -0.650. The molecule has 0 aromatic heterocycles. The predicted octanol–water partition coefficient (Wildman–Crippen LogP) is 3.97. The van der Waals surface area contributed by atoms with Gasteiger partial charge in [0.15, 0.2) is 0 Å². The largest absolute Gasteiger partial charge is 0.489 e. The lowest BCUT2D eigenvalue weighted by Gasteiger charge is -2.29. The molecule has 0 atom stereocenters. The Morgan fingerprint density at radius 1 is 1.29 bits per heavy atom. The van der Waals surface area contributed by atoms with Crippen LogP contribution in [0.15, 0.2) is 18.2 Å². The van der Waals surface area contributed by atoms with E-state index in [0.29, 0.717) is 24.5 Å². The molecular weight excluding hydrogens is 369 g/mol. The van der Waals surface area contributed by atoms with Gasteiger partial charge in [-0.05, 0) is 49.1 Å². The third kappa shape index (κ3) is 5.43. The normalized spacial score (nSPS) is 16.4. The fourth-order valence-corrected chi connectivity index (χ4v) is 3.33. The molecule has 4 nitrogen and oxygen atoms in total. The van der Waals surface area contributed by atoms with E-state index in [4.69, 9.17) is 51.0 Å². The van der Waals surface area contributed by atoms with Gasteiger partial charge >= 0.3 is 0 Å². The molecule has 4 N–H and O–H groups in total. The van der Waals surface area contributed by atoms with Crippen molar-refractivity contribution in [1.29, 1.82) is 0 Å². The number of ether oxygens (including phenoxy) is 1. The van der Waals surface area contributed by atoms with Crippen molar-refractivity contribution in [3.05, 3.63) is 29.3 Å².